The van der Waals surface area contributed by atoms with Crippen molar-refractivity contribution in [3.63, 3.8) is 0 Å². The van der Waals surface area contributed by atoms with Crippen LogP contribution in [0.15, 0.2) is 51.6 Å². The summed E-state index contributed by atoms with van der Waals surface area (Å²) in [5.74, 6) is -0.933. The second-order valence-electron chi connectivity index (χ2n) is 6.09. The molecule has 0 amide bonds. The van der Waals surface area contributed by atoms with Crippen molar-refractivity contribution in [1.82, 2.24) is 4.98 Å². The molecule has 0 atom stereocenters. The summed E-state index contributed by atoms with van der Waals surface area (Å²) >= 11 is 3.10. The molecule has 0 fully saturated rings. The molecule has 0 aliphatic rings. The van der Waals surface area contributed by atoms with E-state index in [4.69, 9.17) is 13.9 Å². The van der Waals surface area contributed by atoms with Gasteiger partial charge in [0.15, 0.2) is 0 Å². The third-order valence-corrected chi connectivity index (χ3v) is 6.08. The number of para-hydroxylation sites is 1. The number of hydrogen-bond donors (Lipinski definition) is 0. The van der Waals surface area contributed by atoms with Gasteiger partial charge in [0.05, 0.1) is 29.2 Å². The van der Waals surface area contributed by atoms with E-state index < -0.39 is 11.9 Å². The molecule has 148 valence electrons. The predicted octanol–water partition coefficient (Wildman–Crippen LogP) is 5.08. The summed E-state index contributed by atoms with van der Waals surface area (Å²) in [6.07, 6.45) is 0.0619. The Balaban J connectivity index is 1.47. The van der Waals surface area contributed by atoms with Crippen molar-refractivity contribution >= 4 is 45.6 Å². The number of benzene rings is 1. The number of nitrogens with zero attached hydrogens (tertiary/aromatic N) is 1. The molecule has 6 nitrogen and oxygen atoms in total. The molecule has 4 aromatic rings. The molecule has 8 heteroatoms. The molecule has 0 saturated carbocycles. The molecule has 0 spiro atoms. The van der Waals surface area contributed by atoms with Gasteiger partial charge >= 0.3 is 11.9 Å². The minimum absolute atomic E-state index is 0.0619. The van der Waals surface area contributed by atoms with Crippen molar-refractivity contribution in [2.45, 2.75) is 20.0 Å². The number of carbonyl (C=O) groups excluding carboxylic acids is 2. The third kappa shape index (κ3) is 4.23. The maximum Gasteiger partial charge on any atom is 0.374 e. The first-order valence-corrected chi connectivity index (χ1v) is 10.7. The van der Waals surface area contributed by atoms with Crippen LogP contribution < -0.4 is 0 Å². The summed E-state index contributed by atoms with van der Waals surface area (Å²) in [5.41, 5.74) is 1.71. The van der Waals surface area contributed by atoms with Crippen molar-refractivity contribution in [3.8, 4) is 9.88 Å². The van der Waals surface area contributed by atoms with Gasteiger partial charge < -0.3 is 13.9 Å². The standard InChI is InChI=1S/C21H17NO5S2/c1-2-25-21(24)19-15(14-6-3-4-7-16(14)27-19)11-26-18(23)10-13-12-29-20(22-13)17-8-5-9-28-17/h3-9,12H,2,10-11H2,1H3. The summed E-state index contributed by atoms with van der Waals surface area (Å²) in [5, 5.41) is 5.44. The van der Waals surface area contributed by atoms with E-state index in [1.54, 1.807) is 24.3 Å². The monoisotopic (exact) mass is 427 g/mol. The van der Waals surface area contributed by atoms with Crippen LogP contribution in [0.25, 0.3) is 20.9 Å². The number of esters is 2. The van der Waals surface area contributed by atoms with Crippen molar-refractivity contribution in [3.05, 3.63) is 64.2 Å². The van der Waals surface area contributed by atoms with Crippen LogP contribution in [-0.4, -0.2) is 23.5 Å². The highest BCUT2D eigenvalue weighted by molar-refractivity contribution is 7.20. The van der Waals surface area contributed by atoms with Crippen LogP contribution in [0.1, 0.15) is 28.7 Å². The molecule has 0 unspecified atom stereocenters. The number of ether oxygens (including phenoxy) is 2. The van der Waals surface area contributed by atoms with Crippen molar-refractivity contribution in [1.29, 1.82) is 0 Å². The largest absolute Gasteiger partial charge is 0.460 e. The Bertz CT molecular complexity index is 1140. The lowest BCUT2D eigenvalue weighted by molar-refractivity contribution is -0.144. The van der Waals surface area contributed by atoms with Gasteiger partial charge in [-0.1, -0.05) is 24.3 Å². The molecular weight excluding hydrogens is 410 g/mol. The molecule has 0 N–H and O–H groups in total. The number of fused-ring (bicyclic) bond motifs is 1. The lowest BCUT2D eigenvalue weighted by atomic mass is 10.1. The van der Waals surface area contributed by atoms with Crippen LogP contribution in [0, 0.1) is 0 Å². The van der Waals surface area contributed by atoms with Gasteiger partial charge in [-0.15, -0.1) is 22.7 Å². The van der Waals surface area contributed by atoms with Crippen LogP contribution in [0.2, 0.25) is 0 Å². The number of furan rings is 1. The molecule has 1 aromatic carbocycles. The normalized spacial score (nSPS) is 10.9. The highest BCUT2D eigenvalue weighted by atomic mass is 32.1. The minimum atomic E-state index is -0.574. The first-order chi connectivity index (χ1) is 14.2. The summed E-state index contributed by atoms with van der Waals surface area (Å²) in [4.78, 5) is 30.1. The van der Waals surface area contributed by atoms with Gasteiger partial charge in [0.25, 0.3) is 0 Å². The van der Waals surface area contributed by atoms with E-state index in [-0.39, 0.29) is 25.4 Å². The first-order valence-electron chi connectivity index (χ1n) is 8.97. The Morgan fingerprint density at radius 2 is 1.97 bits per heavy atom. The lowest BCUT2D eigenvalue weighted by Crippen LogP contribution is -2.11. The van der Waals surface area contributed by atoms with Crippen molar-refractivity contribution < 1.29 is 23.5 Å². The summed E-state index contributed by atoms with van der Waals surface area (Å²) in [6.45, 7) is 1.87. The Kier molecular flexibility index (Phi) is 5.73. The fraction of sp³-hybridized carbons (Fsp3) is 0.190. The fourth-order valence-electron chi connectivity index (χ4n) is 2.86. The second-order valence-corrected chi connectivity index (χ2v) is 7.89. The van der Waals surface area contributed by atoms with Crippen LogP contribution >= 0.6 is 22.7 Å². The molecule has 3 heterocycles. The number of rotatable bonds is 7. The second kappa shape index (κ2) is 8.59. The highest BCUT2D eigenvalue weighted by Crippen LogP contribution is 2.29. The molecule has 0 aliphatic heterocycles. The molecule has 4 rings (SSSR count). The number of aromatic nitrogens is 1. The maximum absolute atomic E-state index is 12.3. The van der Waals surface area contributed by atoms with E-state index in [2.05, 4.69) is 4.98 Å². The third-order valence-electron chi connectivity index (χ3n) is 4.15. The SMILES string of the molecule is CCOC(=O)c1oc2ccccc2c1COC(=O)Cc1csc(-c2cccs2)n1. The molecule has 0 aliphatic carbocycles. The van der Waals surface area contributed by atoms with Crippen LogP contribution in [0.4, 0.5) is 0 Å². The zero-order chi connectivity index (χ0) is 20.2. The van der Waals surface area contributed by atoms with Gasteiger partial charge in [-0.3, -0.25) is 4.79 Å². The fourth-order valence-corrected chi connectivity index (χ4v) is 4.49. The quantitative estimate of drug-likeness (QED) is 0.383. The average Bonchev–Trinajstić information content (AvgIpc) is 3.46. The molecule has 0 saturated heterocycles. The van der Waals surface area contributed by atoms with Gasteiger partial charge in [0, 0.05) is 10.8 Å². The van der Waals surface area contributed by atoms with Crippen LogP contribution in [-0.2, 0) is 27.3 Å². The maximum atomic E-state index is 12.3. The number of thiophene rings is 1. The van der Waals surface area contributed by atoms with E-state index in [1.807, 2.05) is 41.1 Å². The average molecular weight is 428 g/mol. The summed E-state index contributed by atoms with van der Waals surface area (Å²) in [6, 6.07) is 11.2. The highest BCUT2D eigenvalue weighted by Gasteiger charge is 2.23. The predicted molar refractivity (Wildman–Crippen MR) is 111 cm³/mol. The van der Waals surface area contributed by atoms with E-state index >= 15 is 0 Å². The van der Waals surface area contributed by atoms with Crippen molar-refractivity contribution in [2.24, 2.45) is 0 Å². The van der Waals surface area contributed by atoms with Gasteiger partial charge in [-0.2, -0.15) is 0 Å². The number of hydrogen-bond acceptors (Lipinski definition) is 8. The lowest BCUT2D eigenvalue weighted by Gasteiger charge is -2.05. The summed E-state index contributed by atoms with van der Waals surface area (Å²) < 4.78 is 16.1. The summed E-state index contributed by atoms with van der Waals surface area (Å²) in [7, 11) is 0. The topological polar surface area (TPSA) is 78.6 Å². The Morgan fingerprint density at radius 1 is 1.10 bits per heavy atom. The number of carbonyl (C=O) groups is 2. The Hall–Kier alpha value is -2.97. The van der Waals surface area contributed by atoms with Gasteiger partial charge in [0.2, 0.25) is 5.76 Å². The van der Waals surface area contributed by atoms with E-state index in [1.165, 1.54) is 11.3 Å². The Labute approximate surface area is 174 Å². The van der Waals surface area contributed by atoms with Gasteiger partial charge in [-0.05, 0) is 24.4 Å². The molecular formula is C21H17NO5S2. The van der Waals surface area contributed by atoms with Crippen LogP contribution in [0.3, 0.4) is 0 Å². The molecule has 0 radical (unpaired) electrons. The zero-order valence-electron chi connectivity index (χ0n) is 15.5. The minimum Gasteiger partial charge on any atom is -0.460 e. The van der Waals surface area contributed by atoms with Gasteiger partial charge in [0.1, 0.15) is 17.2 Å². The smallest absolute Gasteiger partial charge is 0.374 e. The number of thiazole rings is 1. The molecule has 29 heavy (non-hydrogen) atoms. The Morgan fingerprint density at radius 3 is 2.76 bits per heavy atom. The van der Waals surface area contributed by atoms with Gasteiger partial charge in [-0.25, -0.2) is 9.78 Å². The zero-order valence-corrected chi connectivity index (χ0v) is 17.2. The van der Waals surface area contributed by atoms with E-state index in [9.17, 15) is 9.59 Å². The van der Waals surface area contributed by atoms with E-state index in [0.717, 1.165) is 15.3 Å². The van der Waals surface area contributed by atoms with Crippen molar-refractivity contribution in [2.75, 3.05) is 6.61 Å². The molecule has 3 aromatic heterocycles. The van der Waals surface area contributed by atoms with Crippen LogP contribution in [0.5, 0.6) is 0 Å². The molecule has 0 bridgehead atoms. The first kappa shape index (κ1) is 19.4. The van der Waals surface area contributed by atoms with E-state index in [0.29, 0.717) is 16.8 Å².